The zero-order chi connectivity index (χ0) is 16.8. The highest BCUT2D eigenvalue weighted by Gasteiger charge is 2.31. The number of hydrogen-bond acceptors (Lipinski definition) is 3. The summed E-state index contributed by atoms with van der Waals surface area (Å²) in [5, 5.41) is 2.62. The van der Waals surface area contributed by atoms with Gasteiger partial charge < -0.3 is 10.2 Å². The average molecular weight is 342 g/mol. The van der Waals surface area contributed by atoms with E-state index in [2.05, 4.69) is 10.3 Å². The number of nitrogens with zero attached hydrogens (tertiary/aromatic N) is 2. The Kier molecular flexibility index (Phi) is 3.68. The van der Waals surface area contributed by atoms with Crippen molar-refractivity contribution < 1.29 is 18.0 Å². The molecule has 1 N–H and O–H groups in total. The third-order valence-electron chi connectivity index (χ3n) is 3.50. The van der Waals surface area contributed by atoms with Crippen LogP contribution in [0.4, 0.5) is 24.5 Å². The number of aromatic nitrogens is 1. The smallest absolute Gasteiger partial charge is 0.364 e. The molecule has 1 aromatic carbocycles. The molecule has 0 unspecified atom stereocenters. The summed E-state index contributed by atoms with van der Waals surface area (Å²) in [6.07, 6.45) is -3.76. The zero-order valence-electron chi connectivity index (χ0n) is 11.9. The molecule has 0 saturated carbocycles. The summed E-state index contributed by atoms with van der Waals surface area (Å²) in [4.78, 5) is 17.2. The molecule has 0 aliphatic carbocycles. The van der Waals surface area contributed by atoms with E-state index in [0.717, 1.165) is 18.0 Å². The number of amides is 1. The molecule has 2 aromatic rings. The number of halogens is 4. The Hall–Kier alpha value is -2.28. The molecule has 3 rings (SSSR count). The van der Waals surface area contributed by atoms with Crippen LogP contribution in [0.25, 0.3) is 11.3 Å². The second-order valence-electron chi connectivity index (χ2n) is 5.19. The van der Waals surface area contributed by atoms with E-state index >= 15 is 0 Å². The van der Waals surface area contributed by atoms with Gasteiger partial charge in [0.05, 0.1) is 34.2 Å². The third-order valence-corrected chi connectivity index (χ3v) is 3.79. The van der Waals surface area contributed by atoms with Crippen LogP contribution in [-0.2, 0) is 11.0 Å². The highest BCUT2D eigenvalue weighted by Crippen LogP contribution is 2.37. The summed E-state index contributed by atoms with van der Waals surface area (Å²) < 4.78 is 38.0. The molecule has 0 spiro atoms. The lowest BCUT2D eigenvalue weighted by Gasteiger charge is -2.27. The molecule has 120 valence electrons. The SMILES string of the molecule is CN1CC(=O)Nc2cc(-c3ncc(C(F)(F)F)cc3Cl)ccc21. The van der Waals surface area contributed by atoms with Gasteiger partial charge in [-0.1, -0.05) is 17.7 Å². The Labute approximate surface area is 134 Å². The highest BCUT2D eigenvalue weighted by molar-refractivity contribution is 6.33. The van der Waals surface area contributed by atoms with Crippen LogP contribution in [0.5, 0.6) is 0 Å². The Balaban J connectivity index is 2.03. The molecule has 0 radical (unpaired) electrons. The fourth-order valence-electron chi connectivity index (χ4n) is 2.41. The molecule has 2 heterocycles. The standard InChI is InChI=1S/C15H11ClF3N3O/c1-22-7-13(23)21-11-4-8(2-3-12(11)22)14-10(16)5-9(6-20-14)15(17,18)19/h2-6H,7H2,1H3,(H,21,23). The first-order chi connectivity index (χ1) is 10.8. The van der Waals surface area contributed by atoms with Gasteiger partial charge in [0, 0.05) is 18.8 Å². The molecule has 0 saturated heterocycles. The zero-order valence-corrected chi connectivity index (χ0v) is 12.7. The number of hydrogen-bond donors (Lipinski definition) is 1. The summed E-state index contributed by atoms with van der Waals surface area (Å²) in [5.74, 6) is -0.163. The van der Waals surface area contributed by atoms with Crippen LogP contribution in [0.15, 0.2) is 30.5 Å². The van der Waals surface area contributed by atoms with Crippen molar-refractivity contribution in [1.29, 1.82) is 0 Å². The van der Waals surface area contributed by atoms with Crippen molar-refractivity contribution in [2.45, 2.75) is 6.18 Å². The molecule has 1 aromatic heterocycles. The Morgan fingerprint density at radius 3 is 2.70 bits per heavy atom. The number of carbonyl (C=O) groups excluding carboxylic acids is 1. The second-order valence-corrected chi connectivity index (χ2v) is 5.60. The van der Waals surface area contributed by atoms with Crippen molar-refractivity contribution in [2.24, 2.45) is 0 Å². The van der Waals surface area contributed by atoms with Crippen LogP contribution in [0.2, 0.25) is 5.02 Å². The number of likely N-dealkylation sites (N-methyl/N-ethyl adjacent to an activating group) is 1. The summed E-state index contributed by atoms with van der Waals surface area (Å²) in [7, 11) is 1.78. The number of anilines is 2. The largest absolute Gasteiger partial charge is 0.417 e. The van der Waals surface area contributed by atoms with E-state index in [0.29, 0.717) is 11.3 Å². The van der Waals surface area contributed by atoms with Gasteiger partial charge >= 0.3 is 6.18 Å². The van der Waals surface area contributed by atoms with Gasteiger partial charge in [0.1, 0.15) is 0 Å². The van der Waals surface area contributed by atoms with E-state index < -0.39 is 11.7 Å². The molecule has 1 aliphatic heterocycles. The van der Waals surface area contributed by atoms with E-state index in [1.165, 1.54) is 0 Å². The van der Waals surface area contributed by atoms with Crippen molar-refractivity contribution in [3.8, 4) is 11.3 Å². The summed E-state index contributed by atoms with van der Waals surface area (Å²) in [6.45, 7) is 0.242. The maximum Gasteiger partial charge on any atom is 0.417 e. The van der Waals surface area contributed by atoms with Gasteiger partial charge in [0.25, 0.3) is 0 Å². The molecule has 23 heavy (non-hydrogen) atoms. The van der Waals surface area contributed by atoms with Gasteiger partial charge in [-0.3, -0.25) is 9.78 Å². The molecule has 0 fully saturated rings. The predicted octanol–water partition coefficient (Wildman–Crippen LogP) is 3.81. The number of benzene rings is 1. The van der Waals surface area contributed by atoms with E-state index in [1.54, 1.807) is 30.1 Å². The quantitative estimate of drug-likeness (QED) is 0.858. The fraction of sp³-hybridized carbons (Fsp3) is 0.200. The topological polar surface area (TPSA) is 45.2 Å². The number of pyridine rings is 1. The van der Waals surface area contributed by atoms with Crippen LogP contribution in [0.3, 0.4) is 0 Å². The van der Waals surface area contributed by atoms with Gasteiger partial charge in [0.2, 0.25) is 5.91 Å². The first kappa shape index (κ1) is 15.6. The number of rotatable bonds is 1. The average Bonchev–Trinajstić information content (AvgIpc) is 2.45. The second kappa shape index (κ2) is 5.42. The fourth-order valence-corrected chi connectivity index (χ4v) is 2.69. The lowest BCUT2D eigenvalue weighted by molar-refractivity contribution is -0.137. The Morgan fingerprint density at radius 1 is 1.30 bits per heavy atom. The normalized spacial score (nSPS) is 14.5. The molecule has 4 nitrogen and oxygen atoms in total. The summed E-state index contributed by atoms with van der Waals surface area (Å²) in [5.41, 5.74) is 1.23. The van der Waals surface area contributed by atoms with Gasteiger partial charge in [-0.05, 0) is 18.2 Å². The first-order valence-corrected chi connectivity index (χ1v) is 7.01. The van der Waals surface area contributed by atoms with Crippen molar-refractivity contribution in [1.82, 2.24) is 4.98 Å². The molecule has 0 atom stereocenters. The van der Waals surface area contributed by atoms with Gasteiger partial charge in [-0.2, -0.15) is 13.2 Å². The number of alkyl halides is 3. The monoisotopic (exact) mass is 341 g/mol. The van der Waals surface area contributed by atoms with Crippen LogP contribution in [0.1, 0.15) is 5.56 Å². The maximum absolute atomic E-state index is 12.7. The van der Waals surface area contributed by atoms with E-state index in [1.807, 2.05) is 0 Å². The van der Waals surface area contributed by atoms with Crippen LogP contribution >= 0.6 is 11.6 Å². The van der Waals surface area contributed by atoms with E-state index in [4.69, 9.17) is 11.6 Å². The molecular formula is C15H11ClF3N3O. The number of carbonyl (C=O) groups is 1. The lowest BCUT2D eigenvalue weighted by Crippen LogP contribution is -2.35. The van der Waals surface area contributed by atoms with Crippen molar-refractivity contribution in [3.05, 3.63) is 41.0 Å². The van der Waals surface area contributed by atoms with E-state index in [9.17, 15) is 18.0 Å². The number of nitrogens with one attached hydrogen (secondary N) is 1. The van der Waals surface area contributed by atoms with Gasteiger partial charge in [-0.25, -0.2) is 0 Å². The van der Waals surface area contributed by atoms with Crippen molar-refractivity contribution in [3.63, 3.8) is 0 Å². The Bertz CT molecular complexity index is 792. The Morgan fingerprint density at radius 2 is 2.04 bits per heavy atom. The molecular weight excluding hydrogens is 331 g/mol. The van der Waals surface area contributed by atoms with Crippen LogP contribution in [-0.4, -0.2) is 24.5 Å². The van der Waals surface area contributed by atoms with Gasteiger partial charge in [-0.15, -0.1) is 0 Å². The number of fused-ring (bicyclic) bond motifs is 1. The van der Waals surface area contributed by atoms with Crippen molar-refractivity contribution in [2.75, 3.05) is 23.8 Å². The minimum Gasteiger partial charge on any atom is -0.364 e. The predicted molar refractivity (Wildman–Crippen MR) is 81.6 cm³/mol. The molecule has 1 aliphatic rings. The van der Waals surface area contributed by atoms with Crippen LogP contribution < -0.4 is 10.2 Å². The van der Waals surface area contributed by atoms with Crippen molar-refractivity contribution >= 4 is 28.9 Å². The summed E-state index contributed by atoms with van der Waals surface area (Å²) in [6, 6.07) is 5.95. The molecule has 1 amide bonds. The highest BCUT2D eigenvalue weighted by atomic mass is 35.5. The minimum atomic E-state index is -4.50. The summed E-state index contributed by atoms with van der Waals surface area (Å²) >= 11 is 5.95. The molecule has 0 bridgehead atoms. The molecule has 8 heteroatoms. The minimum absolute atomic E-state index is 0.102. The van der Waals surface area contributed by atoms with E-state index in [-0.39, 0.29) is 23.2 Å². The third kappa shape index (κ3) is 2.96. The lowest BCUT2D eigenvalue weighted by atomic mass is 10.1. The van der Waals surface area contributed by atoms with Crippen LogP contribution in [0, 0.1) is 0 Å². The first-order valence-electron chi connectivity index (χ1n) is 6.64. The maximum atomic E-state index is 12.7. The van der Waals surface area contributed by atoms with Gasteiger partial charge in [0.15, 0.2) is 0 Å².